The molecule has 0 saturated carbocycles. The number of nitrogens with one attached hydrogen (secondary N) is 1. The highest BCUT2D eigenvalue weighted by Gasteiger charge is 2.11. The first kappa shape index (κ1) is 14.2. The van der Waals surface area contributed by atoms with Crippen LogP contribution >= 0.6 is 0 Å². The molecule has 0 aliphatic rings. The van der Waals surface area contributed by atoms with Gasteiger partial charge >= 0.3 is 0 Å². The van der Waals surface area contributed by atoms with Gasteiger partial charge < -0.3 is 14.8 Å². The van der Waals surface area contributed by atoms with Gasteiger partial charge in [-0.2, -0.15) is 0 Å². The van der Waals surface area contributed by atoms with Gasteiger partial charge in [-0.25, -0.2) is 4.98 Å². The fourth-order valence-corrected chi connectivity index (χ4v) is 2.09. The van der Waals surface area contributed by atoms with Crippen molar-refractivity contribution in [3.05, 3.63) is 47.7 Å². The lowest BCUT2D eigenvalue weighted by atomic mass is 10.0. The van der Waals surface area contributed by atoms with Crippen molar-refractivity contribution < 1.29 is 9.47 Å². The summed E-state index contributed by atoms with van der Waals surface area (Å²) in [6.07, 6.45) is 1.76. The van der Waals surface area contributed by atoms with Crippen LogP contribution in [-0.2, 0) is 0 Å². The lowest BCUT2D eigenvalue weighted by Crippen LogP contribution is -2.08. The molecule has 0 fully saturated rings. The Hall–Kier alpha value is -2.23. The molecular weight excluding hydrogens is 252 g/mol. The molecule has 106 valence electrons. The molecule has 0 bridgehead atoms. The summed E-state index contributed by atoms with van der Waals surface area (Å²) in [7, 11) is 3.30. The molecule has 0 spiro atoms. The second-order valence-corrected chi connectivity index (χ2v) is 4.70. The normalized spacial score (nSPS) is 11.8. The molecule has 1 heterocycles. The van der Waals surface area contributed by atoms with Crippen molar-refractivity contribution in [2.24, 2.45) is 0 Å². The Morgan fingerprint density at radius 3 is 2.50 bits per heavy atom. The van der Waals surface area contributed by atoms with Crippen molar-refractivity contribution >= 4 is 5.69 Å². The zero-order chi connectivity index (χ0) is 14.5. The minimum Gasteiger partial charge on any atom is -0.496 e. The molecule has 4 heteroatoms. The van der Waals surface area contributed by atoms with Gasteiger partial charge in [-0.05, 0) is 31.5 Å². The van der Waals surface area contributed by atoms with Crippen LogP contribution in [0.2, 0.25) is 0 Å². The molecule has 1 unspecified atom stereocenters. The second-order valence-electron chi connectivity index (χ2n) is 4.70. The van der Waals surface area contributed by atoms with Gasteiger partial charge in [0, 0.05) is 11.6 Å². The Bertz CT molecular complexity index is 567. The van der Waals surface area contributed by atoms with E-state index in [4.69, 9.17) is 9.47 Å². The number of ether oxygens (including phenoxy) is 2. The summed E-state index contributed by atoms with van der Waals surface area (Å²) in [5.74, 6) is 1.50. The monoisotopic (exact) mass is 272 g/mol. The van der Waals surface area contributed by atoms with E-state index >= 15 is 0 Å². The molecule has 4 nitrogen and oxygen atoms in total. The Kier molecular flexibility index (Phi) is 4.45. The summed E-state index contributed by atoms with van der Waals surface area (Å²) in [6.45, 7) is 4.15. The lowest BCUT2D eigenvalue weighted by molar-refractivity contribution is 0.398. The maximum Gasteiger partial charge on any atom is 0.213 e. The molecule has 0 amide bonds. The number of rotatable bonds is 5. The van der Waals surface area contributed by atoms with Crippen molar-refractivity contribution in [2.45, 2.75) is 19.9 Å². The molecule has 0 aliphatic carbocycles. The van der Waals surface area contributed by atoms with Crippen LogP contribution < -0.4 is 14.8 Å². The molecule has 2 aromatic rings. The summed E-state index contributed by atoms with van der Waals surface area (Å²) in [4.78, 5) is 4.18. The minimum absolute atomic E-state index is 0.126. The molecule has 1 aromatic heterocycles. The smallest absolute Gasteiger partial charge is 0.213 e. The molecule has 2 rings (SSSR count). The quantitative estimate of drug-likeness (QED) is 0.903. The van der Waals surface area contributed by atoms with Gasteiger partial charge in [0.2, 0.25) is 5.88 Å². The third-order valence-electron chi connectivity index (χ3n) is 3.18. The summed E-state index contributed by atoms with van der Waals surface area (Å²) in [5.41, 5.74) is 3.25. The van der Waals surface area contributed by atoms with E-state index < -0.39 is 0 Å². The Labute approximate surface area is 119 Å². The van der Waals surface area contributed by atoms with E-state index in [0.717, 1.165) is 17.0 Å². The number of anilines is 1. The van der Waals surface area contributed by atoms with Crippen LogP contribution in [0, 0.1) is 6.92 Å². The van der Waals surface area contributed by atoms with E-state index in [2.05, 4.69) is 36.3 Å². The first-order chi connectivity index (χ1) is 9.63. The summed E-state index contributed by atoms with van der Waals surface area (Å²) in [6, 6.07) is 10.1. The van der Waals surface area contributed by atoms with Crippen LogP contribution in [0.15, 0.2) is 36.5 Å². The third-order valence-corrected chi connectivity index (χ3v) is 3.18. The molecule has 1 atom stereocenters. The van der Waals surface area contributed by atoms with Crippen LogP contribution in [0.4, 0.5) is 5.69 Å². The number of benzene rings is 1. The fourth-order valence-electron chi connectivity index (χ4n) is 2.09. The van der Waals surface area contributed by atoms with E-state index in [0.29, 0.717) is 5.88 Å². The highest BCUT2D eigenvalue weighted by molar-refractivity contribution is 5.47. The van der Waals surface area contributed by atoms with Gasteiger partial charge in [-0.1, -0.05) is 12.1 Å². The largest absolute Gasteiger partial charge is 0.496 e. The van der Waals surface area contributed by atoms with E-state index in [1.54, 1.807) is 20.4 Å². The molecular formula is C16H20N2O2. The number of nitrogens with zero attached hydrogens (tertiary/aromatic N) is 1. The predicted molar refractivity (Wildman–Crippen MR) is 80.6 cm³/mol. The Balaban J connectivity index is 2.16. The van der Waals surface area contributed by atoms with Crippen LogP contribution in [0.3, 0.4) is 0 Å². The third kappa shape index (κ3) is 3.20. The van der Waals surface area contributed by atoms with E-state index in [1.165, 1.54) is 5.56 Å². The fraction of sp³-hybridized carbons (Fsp3) is 0.312. The van der Waals surface area contributed by atoms with Crippen molar-refractivity contribution in [1.29, 1.82) is 0 Å². The standard InChI is InChI=1S/C16H20N2O2/c1-11-5-7-14(15(9-11)19-3)12(2)18-13-6-8-16(20-4)17-10-13/h5-10,12,18H,1-4H3. The van der Waals surface area contributed by atoms with Crippen molar-refractivity contribution in [2.75, 3.05) is 19.5 Å². The van der Waals surface area contributed by atoms with Crippen molar-refractivity contribution in [3.63, 3.8) is 0 Å². The number of methoxy groups -OCH3 is 2. The maximum atomic E-state index is 5.45. The summed E-state index contributed by atoms with van der Waals surface area (Å²) < 4.78 is 10.5. The molecule has 1 N–H and O–H groups in total. The first-order valence-electron chi connectivity index (χ1n) is 6.55. The SMILES string of the molecule is COc1ccc(NC(C)c2ccc(C)cc2OC)cn1. The average molecular weight is 272 g/mol. The first-order valence-corrected chi connectivity index (χ1v) is 6.55. The van der Waals surface area contributed by atoms with E-state index in [9.17, 15) is 0 Å². The number of aryl methyl sites for hydroxylation is 1. The van der Waals surface area contributed by atoms with Crippen LogP contribution in [0.25, 0.3) is 0 Å². The van der Waals surface area contributed by atoms with Crippen LogP contribution in [0.1, 0.15) is 24.1 Å². The molecule has 0 saturated heterocycles. The van der Waals surface area contributed by atoms with Gasteiger partial charge in [-0.15, -0.1) is 0 Å². The molecule has 20 heavy (non-hydrogen) atoms. The summed E-state index contributed by atoms with van der Waals surface area (Å²) >= 11 is 0. The lowest BCUT2D eigenvalue weighted by Gasteiger charge is -2.18. The number of pyridine rings is 1. The number of hydrogen-bond donors (Lipinski definition) is 1. The van der Waals surface area contributed by atoms with E-state index in [-0.39, 0.29) is 6.04 Å². The summed E-state index contributed by atoms with van der Waals surface area (Å²) in [5, 5.41) is 3.41. The second kappa shape index (κ2) is 6.28. The molecule has 0 aliphatic heterocycles. The highest BCUT2D eigenvalue weighted by Crippen LogP contribution is 2.28. The van der Waals surface area contributed by atoms with Crippen molar-refractivity contribution in [1.82, 2.24) is 4.98 Å². The highest BCUT2D eigenvalue weighted by atomic mass is 16.5. The van der Waals surface area contributed by atoms with Crippen LogP contribution in [0.5, 0.6) is 11.6 Å². The predicted octanol–water partition coefficient (Wildman–Crippen LogP) is 3.58. The van der Waals surface area contributed by atoms with Gasteiger partial charge in [-0.3, -0.25) is 0 Å². The minimum atomic E-state index is 0.126. The zero-order valence-corrected chi connectivity index (χ0v) is 12.3. The zero-order valence-electron chi connectivity index (χ0n) is 12.3. The Morgan fingerprint density at radius 2 is 1.90 bits per heavy atom. The number of hydrogen-bond acceptors (Lipinski definition) is 4. The van der Waals surface area contributed by atoms with Crippen molar-refractivity contribution in [3.8, 4) is 11.6 Å². The maximum absolute atomic E-state index is 5.45. The van der Waals surface area contributed by atoms with Crippen LogP contribution in [-0.4, -0.2) is 19.2 Å². The Morgan fingerprint density at radius 1 is 1.10 bits per heavy atom. The van der Waals surface area contributed by atoms with E-state index in [1.807, 2.05) is 18.2 Å². The topological polar surface area (TPSA) is 43.4 Å². The van der Waals surface area contributed by atoms with Gasteiger partial charge in [0.15, 0.2) is 0 Å². The number of aromatic nitrogens is 1. The molecule has 0 radical (unpaired) electrons. The van der Waals surface area contributed by atoms with Gasteiger partial charge in [0.05, 0.1) is 32.1 Å². The van der Waals surface area contributed by atoms with Gasteiger partial charge in [0.25, 0.3) is 0 Å². The average Bonchev–Trinajstić information content (AvgIpc) is 2.47. The molecule has 1 aromatic carbocycles. The van der Waals surface area contributed by atoms with Gasteiger partial charge in [0.1, 0.15) is 5.75 Å².